The maximum absolute atomic E-state index is 9.42. The third-order valence-corrected chi connectivity index (χ3v) is 1.24. The second-order valence-electron chi connectivity index (χ2n) is 0.691. The van der Waals surface area contributed by atoms with Crippen LogP contribution in [0.4, 0.5) is 0 Å². The van der Waals surface area contributed by atoms with E-state index >= 15 is 0 Å². The summed E-state index contributed by atoms with van der Waals surface area (Å²) in [5.41, 5.74) is 0. The fourth-order valence-electron chi connectivity index (χ4n) is 0. The number of hydrogen-bond donors (Lipinski definition) is 1. The average Bonchev–Trinajstić information content (AvgIpc) is 1.35. The Balaban J connectivity index is 0. The molecule has 6 heteroatoms. The lowest BCUT2D eigenvalue weighted by Gasteiger charge is -1.78. The summed E-state index contributed by atoms with van der Waals surface area (Å²) in [4.78, 5) is 0. The van der Waals surface area contributed by atoms with Gasteiger partial charge in [-0.25, -0.2) is 0 Å². The van der Waals surface area contributed by atoms with E-state index < -0.39 is 15.3 Å². The van der Waals surface area contributed by atoms with Gasteiger partial charge in [-0.05, 0) is 0 Å². The van der Waals surface area contributed by atoms with Crippen LogP contribution in [0.1, 0.15) is 0 Å². The lowest BCUT2D eigenvalue weighted by molar-refractivity contribution is 0.488. The Bertz CT molecular complexity index is 117. The second-order valence-corrected chi connectivity index (χ2v) is 2.73. The summed E-state index contributed by atoms with van der Waals surface area (Å²) in [5.74, 6) is 0. The van der Waals surface area contributed by atoms with Crippen LogP contribution in [0.25, 0.3) is 0 Å². The van der Waals surface area contributed by atoms with Gasteiger partial charge in [-0.1, -0.05) is 0 Å². The summed E-state index contributed by atoms with van der Waals surface area (Å²) in [6.45, 7) is 0. The molecule has 0 heterocycles. The zero-order valence-corrected chi connectivity index (χ0v) is 7.07. The van der Waals surface area contributed by atoms with Crippen molar-refractivity contribution in [3.05, 3.63) is 0 Å². The van der Waals surface area contributed by atoms with Gasteiger partial charge in [0.05, 0.1) is 0 Å². The normalized spacial score (nSPS) is 10.0. The standard InChI is InChI=1S/CH3ClO3S.HI/c2-1-6(3,4)5;/h1H2,(H,3,4,5);1H. The minimum atomic E-state index is -3.90. The van der Waals surface area contributed by atoms with Crippen LogP contribution in [0, 0.1) is 0 Å². The zero-order valence-electron chi connectivity index (χ0n) is 3.17. The summed E-state index contributed by atoms with van der Waals surface area (Å²) in [7, 11) is -3.90. The molecule has 1 N–H and O–H groups in total. The van der Waals surface area contributed by atoms with E-state index in [4.69, 9.17) is 4.55 Å². The smallest absolute Gasteiger partial charge is 0.279 e. The highest BCUT2D eigenvalue weighted by Crippen LogP contribution is 1.82. The molecule has 0 fully saturated rings. The Hall–Kier alpha value is 0.930. The van der Waals surface area contributed by atoms with Crippen molar-refractivity contribution in [3.8, 4) is 0 Å². The molecule has 0 spiro atoms. The van der Waals surface area contributed by atoms with E-state index in [2.05, 4.69) is 11.6 Å². The molecule has 0 aromatic carbocycles. The molecular weight excluding hydrogens is 254 g/mol. The van der Waals surface area contributed by atoms with E-state index in [1.807, 2.05) is 0 Å². The minimum absolute atomic E-state index is 0. The van der Waals surface area contributed by atoms with Crippen LogP contribution in [0.2, 0.25) is 0 Å². The topological polar surface area (TPSA) is 54.4 Å². The quantitative estimate of drug-likeness (QED) is 0.428. The summed E-state index contributed by atoms with van der Waals surface area (Å²) in [6, 6.07) is 0. The molecule has 0 aromatic heterocycles. The highest BCUT2D eigenvalue weighted by Gasteiger charge is 1.95. The Kier molecular flexibility index (Phi) is 6.00. The zero-order chi connectivity index (χ0) is 5.21. The summed E-state index contributed by atoms with van der Waals surface area (Å²) >= 11 is 4.64. The van der Waals surface area contributed by atoms with Crippen LogP contribution in [0.15, 0.2) is 0 Å². The third-order valence-electron chi connectivity index (χ3n) is 0.138. The Morgan fingerprint density at radius 1 is 1.57 bits per heavy atom. The van der Waals surface area contributed by atoms with Crippen molar-refractivity contribution in [2.24, 2.45) is 0 Å². The molecular formula is CH4ClIO3S. The van der Waals surface area contributed by atoms with Gasteiger partial charge in [-0.15, -0.1) is 35.6 Å². The third kappa shape index (κ3) is 10.9. The fraction of sp³-hybridized carbons (Fsp3) is 1.00. The van der Waals surface area contributed by atoms with E-state index in [0.29, 0.717) is 0 Å². The summed E-state index contributed by atoms with van der Waals surface area (Å²) < 4.78 is 26.5. The minimum Gasteiger partial charge on any atom is -0.285 e. The number of hydrogen-bond acceptors (Lipinski definition) is 2. The maximum atomic E-state index is 9.42. The van der Waals surface area contributed by atoms with Gasteiger partial charge in [0.1, 0.15) is 5.21 Å². The molecule has 0 aliphatic heterocycles. The van der Waals surface area contributed by atoms with E-state index in [1.54, 1.807) is 0 Å². The van der Waals surface area contributed by atoms with Gasteiger partial charge in [0.2, 0.25) is 0 Å². The van der Waals surface area contributed by atoms with Crippen LogP contribution in [-0.2, 0) is 10.1 Å². The van der Waals surface area contributed by atoms with Crippen LogP contribution < -0.4 is 0 Å². The SMILES string of the molecule is I.O=S(=O)(O)CCl. The first kappa shape index (κ1) is 10.8. The highest BCUT2D eigenvalue weighted by molar-refractivity contribution is 14.0. The van der Waals surface area contributed by atoms with Gasteiger partial charge in [0.15, 0.2) is 0 Å². The van der Waals surface area contributed by atoms with E-state index in [0.717, 1.165) is 0 Å². The molecule has 0 unspecified atom stereocenters. The Labute approximate surface area is 63.8 Å². The molecule has 0 amide bonds. The van der Waals surface area contributed by atoms with Crippen molar-refractivity contribution in [2.75, 3.05) is 5.21 Å². The van der Waals surface area contributed by atoms with E-state index in [9.17, 15) is 8.42 Å². The van der Waals surface area contributed by atoms with Gasteiger partial charge < -0.3 is 0 Å². The Morgan fingerprint density at radius 3 is 1.71 bits per heavy atom. The van der Waals surface area contributed by atoms with Crippen LogP contribution in [0.3, 0.4) is 0 Å². The van der Waals surface area contributed by atoms with Gasteiger partial charge >= 0.3 is 0 Å². The van der Waals surface area contributed by atoms with Crippen LogP contribution in [-0.4, -0.2) is 18.2 Å². The van der Waals surface area contributed by atoms with Gasteiger partial charge in [-0.2, -0.15) is 8.42 Å². The summed E-state index contributed by atoms with van der Waals surface area (Å²) in [6.07, 6.45) is 0. The van der Waals surface area contributed by atoms with Crippen molar-refractivity contribution in [1.29, 1.82) is 0 Å². The first-order valence-electron chi connectivity index (χ1n) is 1.07. The molecule has 0 bridgehead atoms. The lowest BCUT2D eigenvalue weighted by Crippen LogP contribution is -1.95. The van der Waals surface area contributed by atoms with E-state index in [1.165, 1.54) is 0 Å². The van der Waals surface area contributed by atoms with E-state index in [-0.39, 0.29) is 24.0 Å². The molecule has 0 aliphatic carbocycles. The monoisotopic (exact) mass is 258 g/mol. The predicted octanol–water partition coefficient (Wildman–Crippen LogP) is 0.689. The van der Waals surface area contributed by atoms with Crippen LogP contribution >= 0.6 is 35.6 Å². The maximum Gasteiger partial charge on any atom is 0.279 e. The molecule has 0 atom stereocenters. The molecule has 0 aliphatic rings. The molecule has 0 aromatic rings. The number of halogens is 2. The van der Waals surface area contributed by atoms with Crippen molar-refractivity contribution in [2.45, 2.75) is 0 Å². The molecule has 7 heavy (non-hydrogen) atoms. The van der Waals surface area contributed by atoms with Gasteiger partial charge in [-0.3, -0.25) is 4.55 Å². The first-order chi connectivity index (χ1) is 2.56. The molecule has 46 valence electrons. The van der Waals surface area contributed by atoms with Gasteiger partial charge in [0, 0.05) is 0 Å². The lowest BCUT2D eigenvalue weighted by atomic mass is 11.9. The molecule has 0 rings (SSSR count). The molecule has 0 saturated heterocycles. The predicted molar refractivity (Wildman–Crippen MR) is 37.7 cm³/mol. The van der Waals surface area contributed by atoms with Crippen molar-refractivity contribution >= 4 is 45.7 Å². The molecule has 0 saturated carbocycles. The van der Waals surface area contributed by atoms with Crippen molar-refractivity contribution in [3.63, 3.8) is 0 Å². The second kappa shape index (κ2) is 3.88. The largest absolute Gasteiger partial charge is 0.285 e. The highest BCUT2D eigenvalue weighted by atomic mass is 127. The molecule has 0 radical (unpaired) electrons. The Morgan fingerprint density at radius 2 is 1.71 bits per heavy atom. The van der Waals surface area contributed by atoms with Crippen molar-refractivity contribution in [1.82, 2.24) is 0 Å². The molecule has 3 nitrogen and oxygen atoms in total. The number of rotatable bonds is 1. The van der Waals surface area contributed by atoms with Gasteiger partial charge in [0.25, 0.3) is 10.1 Å². The average molecular weight is 258 g/mol. The fourth-order valence-corrected chi connectivity index (χ4v) is 0. The number of alkyl halides is 1. The van der Waals surface area contributed by atoms with Crippen molar-refractivity contribution < 1.29 is 13.0 Å². The van der Waals surface area contributed by atoms with Crippen LogP contribution in [0.5, 0.6) is 0 Å². The summed E-state index contributed by atoms with van der Waals surface area (Å²) in [5, 5.41) is -0.729. The first-order valence-corrected chi connectivity index (χ1v) is 3.22.